The lowest BCUT2D eigenvalue weighted by atomic mass is 10.0. The number of nitrogens with one attached hydrogen (secondary N) is 4. The van der Waals surface area contributed by atoms with Crippen molar-refractivity contribution < 1.29 is 24.3 Å². The van der Waals surface area contributed by atoms with Crippen molar-refractivity contribution >= 4 is 36.3 Å². The Bertz CT molecular complexity index is 761. The molecule has 1 aromatic rings. The molecule has 172 valence electrons. The maximum atomic E-state index is 12.8. The van der Waals surface area contributed by atoms with E-state index in [0.29, 0.717) is 0 Å². The molecule has 0 aliphatic carbocycles. The van der Waals surface area contributed by atoms with Gasteiger partial charge in [0.15, 0.2) is 0 Å². The summed E-state index contributed by atoms with van der Waals surface area (Å²) in [5, 5.41) is 20.2. The van der Waals surface area contributed by atoms with Crippen molar-refractivity contribution in [2.45, 2.75) is 64.4 Å². The number of benzene rings is 1. The molecule has 0 fully saturated rings. The van der Waals surface area contributed by atoms with Gasteiger partial charge in [-0.2, -0.15) is 12.6 Å². The molecule has 4 amide bonds. The van der Waals surface area contributed by atoms with Crippen LogP contribution in [0.15, 0.2) is 30.3 Å². The number of amides is 4. The molecule has 1 rings (SSSR count). The van der Waals surface area contributed by atoms with E-state index < -0.39 is 48.0 Å². The van der Waals surface area contributed by atoms with E-state index in [1.165, 1.54) is 20.8 Å². The molecular weight excluding hydrogens is 420 g/mol. The van der Waals surface area contributed by atoms with E-state index >= 15 is 0 Å². The molecule has 0 radical (unpaired) electrons. The number of rotatable bonds is 11. The van der Waals surface area contributed by atoms with E-state index in [-0.39, 0.29) is 18.1 Å². The summed E-state index contributed by atoms with van der Waals surface area (Å²) < 4.78 is 0. The largest absolute Gasteiger partial charge is 0.390 e. The minimum absolute atomic E-state index is 0.173. The van der Waals surface area contributed by atoms with Crippen LogP contribution >= 0.6 is 12.6 Å². The highest BCUT2D eigenvalue weighted by molar-refractivity contribution is 7.80. The Balaban J connectivity index is 2.85. The van der Waals surface area contributed by atoms with Gasteiger partial charge in [0.25, 0.3) is 0 Å². The summed E-state index contributed by atoms with van der Waals surface area (Å²) in [6, 6.07) is 5.94. The molecule has 5 atom stereocenters. The molecule has 0 bridgehead atoms. The second-order valence-corrected chi connectivity index (χ2v) is 7.82. The molecule has 0 saturated heterocycles. The van der Waals surface area contributed by atoms with Crippen LogP contribution in [0.5, 0.6) is 0 Å². The summed E-state index contributed by atoms with van der Waals surface area (Å²) in [7, 11) is 0. The Morgan fingerprint density at radius 3 is 1.97 bits per heavy atom. The number of hydrogen-bond acceptors (Lipinski definition) is 6. The van der Waals surface area contributed by atoms with E-state index in [2.05, 4.69) is 33.9 Å². The van der Waals surface area contributed by atoms with Crippen LogP contribution in [-0.4, -0.2) is 64.8 Å². The van der Waals surface area contributed by atoms with Crippen LogP contribution in [0, 0.1) is 0 Å². The third-order valence-corrected chi connectivity index (χ3v) is 4.99. The Kier molecular flexibility index (Phi) is 11.1. The van der Waals surface area contributed by atoms with Gasteiger partial charge < -0.3 is 26.4 Å². The fourth-order valence-electron chi connectivity index (χ4n) is 2.71. The molecule has 0 aliphatic heterocycles. The number of hydrogen-bond donors (Lipinski definition) is 6. The van der Waals surface area contributed by atoms with Crippen LogP contribution in [0.2, 0.25) is 0 Å². The molecule has 1 unspecified atom stereocenters. The minimum Gasteiger partial charge on any atom is -0.390 e. The van der Waals surface area contributed by atoms with Crippen molar-refractivity contribution in [1.29, 1.82) is 0 Å². The lowest BCUT2D eigenvalue weighted by Gasteiger charge is -2.25. The van der Waals surface area contributed by atoms with Crippen LogP contribution in [0.1, 0.15) is 33.3 Å². The molecule has 0 aromatic heterocycles. The average molecular weight is 453 g/mol. The smallest absolute Gasteiger partial charge is 0.243 e. The summed E-state index contributed by atoms with van der Waals surface area (Å²) in [5.74, 6) is -1.73. The van der Waals surface area contributed by atoms with Gasteiger partial charge in [-0.1, -0.05) is 30.3 Å². The van der Waals surface area contributed by atoms with Crippen LogP contribution < -0.4 is 21.3 Å². The lowest BCUT2D eigenvalue weighted by molar-refractivity contribution is -0.133. The highest BCUT2D eigenvalue weighted by atomic mass is 32.1. The second-order valence-electron chi connectivity index (χ2n) is 7.45. The van der Waals surface area contributed by atoms with Gasteiger partial charge >= 0.3 is 0 Å². The van der Waals surface area contributed by atoms with Crippen LogP contribution in [0.25, 0.3) is 0 Å². The molecular formula is C21H32N4O5S. The quantitative estimate of drug-likeness (QED) is 0.253. The highest BCUT2D eigenvalue weighted by Crippen LogP contribution is 2.05. The monoisotopic (exact) mass is 452 g/mol. The Hall–Kier alpha value is -2.59. The normalized spacial score (nSPS) is 15.5. The van der Waals surface area contributed by atoms with Crippen molar-refractivity contribution in [1.82, 2.24) is 21.3 Å². The zero-order valence-electron chi connectivity index (χ0n) is 18.2. The maximum absolute atomic E-state index is 12.8. The van der Waals surface area contributed by atoms with E-state index in [9.17, 15) is 24.3 Å². The molecule has 31 heavy (non-hydrogen) atoms. The van der Waals surface area contributed by atoms with Gasteiger partial charge in [-0.25, -0.2) is 0 Å². The number of carbonyl (C=O) groups is 4. The topological polar surface area (TPSA) is 137 Å². The first-order valence-electron chi connectivity index (χ1n) is 10.1. The standard InChI is InChI=1S/C21H32N4O5S/c1-12(18(27)11-31)23-21(30)17(10-16-8-6-5-7-9-16)25-20(29)14(3)24-19(28)13(2)22-15(4)26/h5-9,12-14,17-18,27,31H,10-11H2,1-4H3,(H,22,26)(H,23,30)(H,24,28)(H,25,29)/t12-,13-,14-,17-,18?/m0/s1. The maximum Gasteiger partial charge on any atom is 0.243 e. The molecule has 9 nitrogen and oxygen atoms in total. The molecule has 0 saturated carbocycles. The average Bonchev–Trinajstić information content (AvgIpc) is 2.72. The van der Waals surface area contributed by atoms with Crippen molar-refractivity contribution in [3.63, 3.8) is 0 Å². The zero-order chi connectivity index (χ0) is 23.6. The zero-order valence-corrected chi connectivity index (χ0v) is 19.1. The van der Waals surface area contributed by atoms with Crippen LogP contribution in [-0.2, 0) is 25.6 Å². The molecule has 0 spiro atoms. The van der Waals surface area contributed by atoms with Gasteiger partial charge in [-0.15, -0.1) is 0 Å². The minimum atomic E-state index is -0.935. The Morgan fingerprint density at radius 2 is 1.42 bits per heavy atom. The molecule has 0 heterocycles. The molecule has 0 aliphatic rings. The van der Waals surface area contributed by atoms with E-state index in [4.69, 9.17) is 0 Å². The first kappa shape index (κ1) is 26.4. The first-order chi connectivity index (χ1) is 14.5. The highest BCUT2D eigenvalue weighted by Gasteiger charge is 2.27. The summed E-state index contributed by atoms with van der Waals surface area (Å²) in [4.78, 5) is 48.7. The predicted molar refractivity (Wildman–Crippen MR) is 120 cm³/mol. The third kappa shape index (κ3) is 9.39. The Morgan fingerprint density at radius 1 is 0.871 bits per heavy atom. The fourth-order valence-corrected chi connectivity index (χ4v) is 3.03. The van der Waals surface area contributed by atoms with Gasteiger partial charge in [0.2, 0.25) is 23.6 Å². The van der Waals surface area contributed by atoms with E-state index in [0.717, 1.165) is 5.56 Å². The van der Waals surface area contributed by atoms with Gasteiger partial charge in [0, 0.05) is 19.1 Å². The number of aliphatic hydroxyl groups is 1. The van der Waals surface area contributed by atoms with E-state index in [1.807, 2.05) is 30.3 Å². The number of aliphatic hydroxyl groups excluding tert-OH is 1. The van der Waals surface area contributed by atoms with Gasteiger partial charge in [0.05, 0.1) is 12.1 Å². The second kappa shape index (κ2) is 13.0. The van der Waals surface area contributed by atoms with Crippen molar-refractivity contribution in [3.05, 3.63) is 35.9 Å². The summed E-state index contributed by atoms with van der Waals surface area (Å²) in [6.45, 7) is 5.92. The summed E-state index contributed by atoms with van der Waals surface area (Å²) in [5.41, 5.74) is 0.835. The van der Waals surface area contributed by atoms with E-state index in [1.54, 1.807) is 6.92 Å². The van der Waals surface area contributed by atoms with Gasteiger partial charge in [0.1, 0.15) is 18.1 Å². The SMILES string of the molecule is CC(=O)N[C@@H](C)C(=O)N[C@@H](C)C(=O)N[C@@H](Cc1ccccc1)C(=O)N[C@@H](C)C(O)CS. The summed E-state index contributed by atoms with van der Waals surface area (Å²) in [6.07, 6.45) is -0.612. The third-order valence-electron chi connectivity index (χ3n) is 4.61. The number of thiol groups is 1. The van der Waals surface area contributed by atoms with Gasteiger partial charge in [-0.05, 0) is 26.3 Å². The van der Waals surface area contributed by atoms with Crippen molar-refractivity contribution in [2.75, 3.05) is 5.75 Å². The fraction of sp³-hybridized carbons (Fsp3) is 0.524. The van der Waals surface area contributed by atoms with Crippen LogP contribution in [0.4, 0.5) is 0 Å². The van der Waals surface area contributed by atoms with Gasteiger partial charge in [-0.3, -0.25) is 19.2 Å². The van der Waals surface area contributed by atoms with Crippen LogP contribution in [0.3, 0.4) is 0 Å². The molecule has 1 aromatic carbocycles. The Labute approximate surface area is 188 Å². The lowest BCUT2D eigenvalue weighted by Crippen LogP contribution is -2.57. The van der Waals surface area contributed by atoms with Crippen molar-refractivity contribution in [2.24, 2.45) is 0 Å². The number of carbonyl (C=O) groups excluding carboxylic acids is 4. The predicted octanol–water partition coefficient (Wildman–Crippen LogP) is -0.461. The molecule has 5 N–H and O–H groups in total. The van der Waals surface area contributed by atoms with Crippen molar-refractivity contribution in [3.8, 4) is 0 Å². The molecule has 10 heteroatoms. The first-order valence-corrected chi connectivity index (χ1v) is 10.7. The summed E-state index contributed by atoms with van der Waals surface area (Å²) >= 11 is 4.02.